The third-order valence-corrected chi connectivity index (χ3v) is 2.33. The lowest BCUT2D eigenvalue weighted by atomic mass is 9.83. The van der Waals surface area contributed by atoms with E-state index in [9.17, 15) is 0 Å². The molecule has 0 aliphatic carbocycles. The van der Waals surface area contributed by atoms with Gasteiger partial charge in [0, 0.05) is 5.41 Å². The van der Waals surface area contributed by atoms with E-state index < -0.39 is 6.23 Å². The van der Waals surface area contributed by atoms with Crippen molar-refractivity contribution in [1.29, 1.82) is 0 Å². The van der Waals surface area contributed by atoms with Crippen LogP contribution in [0.15, 0.2) is 0 Å². The molecular formula is C7H17NO. The molecule has 2 heteroatoms. The number of aliphatic hydroxyl groups excluding tert-OH is 1. The molecule has 0 aromatic rings. The highest BCUT2D eigenvalue weighted by Gasteiger charge is 2.25. The second-order valence-corrected chi connectivity index (χ2v) is 2.81. The molecule has 0 heterocycles. The summed E-state index contributed by atoms with van der Waals surface area (Å²) in [7, 11) is 0. The summed E-state index contributed by atoms with van der Waals surface area (Å²) in [5.41, 5.74) is 5.26. The molecule has 3 N–H and O–H groups in total. The Morgan fingerprint density at radius 2 is 1.78 bits per heavy atom. The minimum absolute atomic E-state index is 0.0833. The van der Waals surface area contributed by atoms with Gasteiger partial charge in [-0.05, 0) is 12.8 Å². The molecule has 0 fully saturated rings. The number of nitrogens with two attached hydrogens (primary N) is 1. The van der Waals surface area contributed by atoms with Crippen LogP contribution in [0.5, 0.6) is 0 Å². The Labute approximate surface area is 57.1 Å². The fourth-order valence-corrected chi connectivity index (χ4v) is 0.668. The Kier molecular flexibility index (Phi) is 3.15. The lowest BCUT2D eigenvalue weighted by molar-refractivity contribution is 0.0364. The number of hydrogen-bond donors (Lipinski definition) is 2. The Hall–Kier alpha value is -0.0800. The van der Waals surface area contributed by atoms with Gasteiger partial charge in [0.05, 0.1) is 0 Å². The van der Waals surface area contributed by atoms with E-state index in [4.69, 9.17) is 10.8 Å². The smallest absolute Gasteiger partial charge is 0.107 e. The second kappa shape index (κ2) is 3.18. The minimum Gasteiger partial charge on any atom is -0.378 e. The van der Waals surface area contributed by atoms with E-state index in [0.29, 0.717) is 0 Å². The summed E-state index contributed by atoms with van der Waals surface area (Å²) in [6.45, 7) is 6.08. The summed E-state index contributed by atoms with van der Waals surface area (Å²) in [5, 5.41) is 9.05. The van der Waals surface area contributed by atoms with Crippen LogP contribution >= 0.6 is 0 Å². The minimum atomic E-state index is -0.674. The Balaban J connectivity index is 3.92. The summed E-state index contributed by atoms with van der Waals surface area (Å²) in [6, 6.07) is 0. The van der Waals surface area contributed by atoms with Gasteiger partial charge in [-0.25, -0.2) is 0 Å². The molecule has 0 aromatic carbocycles. The molecule has 1 atom stereocenters. The fraction of sp³-hybridized carbons (Fsp3) is 1.00. The molecule has 0 aliphatic heterocycles. The molecule has 0 saturated carbocycles. The van der Waals surface area contributed by atoms with Crippen LogP contribution in [0.4, 0.5) is 0 Å². The summed E-state index contributed by atoms with van der Waals surface area (Å²) in [6.07, 6.45) is 1.19. The highest BCUT2D eigenvalue weighted by Crippen LogP contribution is 2.26. The van der Waals surface area contributed by atoms with Crippen molar-refractivity contribution >= 4 is 0 Å². The molecule has 9 heavy (non-hydrogen) atoms. The lowest BCUT2D eigenvalue weighted by Crippen LogP contribution is -2.38. The van der Waals surface area contributed by atoms with Gasteiger partial charge in [0.1, 0.15) is 6.23 Å². The zero-order valence-electron chi connectivity index (χ0n) is 6.52. The molecule has 0 rings (SSSR count). The topological polar surface area (TPSA) is 46.2 Å². The average Bonchev–Trinajstić information content (AvgIpc) is 1.86. The van der Waals surface area contributed by atoms with E-state index in [-0.39, 0.29) is 5.41 Å². The number of hydrogen-bond acceptors (Lipinski definition) is 2. The van der Waals surface area contributed by atoms with E-state index >= 15 is 0 Å². The van der Waals surface area contributed by atoms with Crippen molar-refractivity contribution in [2.45, 2.75) is 39.8 Å². The van der Waals surface area contributed by atoms with Gasteiger partial charge in [-0.3, -0.25) is 0 Å². The van der Waals surface area contributed by atoms with Crippen LogP contribution in [-0.4, -0.2) is 11.3 Å². The van der Waals surface area contributed by atoms with Crippen LogP contribution in [0.2, 0.25) is 0 Å². The molecule has 2 nitrogen and oxygen atoms in total. The fourth-order valence-electron chi connectivity index (χ4n) is 0.668. The van der Waals surface area contributed by atoms with Crippen LogP contribution in [0.3, 0.4) is 0 Å². The first-order valence-electron chi connectivity index (χ1n) is 3.50. The van der Waals surface area contributed by atoms with Crippen LogP contribution in [0.25, 0.3) is 0 Å². The Bertz CT molecular complexity index is 77.0. The predicted molar refractivity (Wildman–Crippen MR) is 38.9 cm³/mol. The second-order valence-electron chi connectivity index (χ2n) is 2.81. The Morgan fingerprint density at radius 1 is 1.44 bits per heavy atom. The lowest BCUT2D eigenvalue weighted by Gasteiger charge is -2.29. The molecule has 0 spiro atoms. The molecule has 0 aliphatic rings. The first kappa shape index (κ1) is 8.92. The summed E-state index contributed by atoms with van der Waals surface area (Å²) in [5.74, 6) is 0. The molecule has 1 unspecified atom stereocenters. The van der Waals surface area contributed by atoms with Gasteiger partial charge in [0.15, 0.2) is 0 Å². The normalized spacial score (nSPS) is 15.7. The summed E-state index contributed by atoms with van der Waals surface area (Å²) < 4.78 is 0. The van der Waals surface area contributed by atoms with Crippen LogP contribution in [0.1, 0.15) is 33.6 Å². The van der Waals surface area contributed by atoms with Gasteiger partial charge in [-0.15, -0.1) is 0 Å². The van der Waals surface area contributed by atoms with E-state index in [1.54, 1.807) is 0 Å². The van der Waals surface area contributed by atoms with Crippen molar-refractivity contribution in [3.63, 3.8) is 0 Å². The van der Waals surface area contributed by atoms with Crippen molar-refractivity contribution in [2.75, 3.05) is 0 Å². The van der Waals surface area contributed by atoms with E-state index in [0.717, 1.165) is 12.8 Å². The Morgan fingerprint density at radius 3 is 1.78 bits per heavy atom. The zero-order chi connectivity index (χ0) is 7.49. The largest absolute Gasteiger partial charge is 0.378 e. The first-order chi connectivity index (χ1) is 4.06. The number of aliphatic hydroxyl groups is 1. The molecule has 0 bridgehead atoms. The van der Waals surface area contributed by atoms with Crippen LogP contribution in [0, 0.1) is 5.41 Å². The maximum absolute atomic E-state index is 9.05. The van der Waals surface area contributed by atoms with Crippen LogP contribution in [-0.2, 0) is 0 Å². The van der Waals surface area contributed by atoms with Gasteiger partial charge in [0.2, 0.25) is 0 Å². The van der Waals surface area contributed by atoms with Gasteiger partial charge in [0.25, 0.3) is 0 Å². The standard InChI is InChI=1S/C7H17NO/c1-4-7(3,5-2)6(8)9/h6,9H,4-5,8H2,1-3H3. The van der Waals surface area contributed by atoms with Crippen molar-refractivity contribution < 1.29 is 5.11 Å². The summed E-state index contributed by atoms with van der Waals surface area (Å²) >= 11 is 0. The summed E-state index contributed by atoms with van der Waals surface area (Å²) in [4.78, 5) is 0. The third-order valence-electron chi connectivity index (χ3n) is 2.33. The number of rotatable bonds is 3. The van der Waals surface area contributed by atoms with Crippen molar-refractivity contribution in [1.82, 2.24) is 0 Å². The molecular weight excluding hydrogens is 114 g/mol. The van der Waals surface area contributed by atoms with E-state index in [1.807, 2.05) is 20.8 Å². The molecule has 0 saturated heterocycles. The SMILES string of the molecule is CCC(C)(CC)C(N)O. The molecule has 0 radical (unpaired) electrons. The highest BCUT2D eigenvalue weighted by atomic mass is 16.3. The van der Waals surface area contributed by atoms with Gasteiger partial charge >= 0.3 is 0 Å². The van der Waals surface area contributed by atoms with E-state index in [2.05, 4.69) is 0 Å². The maximum atomic E-state index is 9.05. The van der Waals surface area contributed by atoms with Crippen molar-refractivity contribution in [3.8, 4) is 0 Å². The van der Waals surface area contributed by atoms with Crippen molar-refractivity contribution in [2.24, 2.45) is 11.1 Å². The predicted octanol–water partition coefficient (Wildman–Crippen LogP) is 1.09. The molecule has 0 aromatic heterocycles. The van der Waals surface area contributed by atoms with Crippen LogP contribution < -0.4 is 5.73 Å². The molecule has 56 valence electrons. The van der Waals surface area contributed by atoms with Crippen molar-refractivity contribution in [3.05, 3.63) is 0 Å². The zero-order valence-corrected chi connectivity index (χ0v) is 6.52. The average molecular weight is 131 g/mol. The monoisotopic (exact) mass is 131 g/mol. The van der Waals surface area contributed by atoms with Gasteiger partial charge in [-0.2, -0.15) is 0 Å². The van der Waals surface area contributed by atoms with Gasteiger partial charge in [-0.1, -0.05) is 20.8 Å². The van der Waals surface area contributed by atoms with E-state index in [1.165, 1.54) is 0 Å². The third kappa shape index (κ3) is 1.95. The molecule has 0 amide bonds. The first-order valence-corrected chi connectivity index (χ1v) is 3.50. The highest BCUT2D eigenvalue weighted by molar-refractivity contribution is 4.74. The quantitative estimate of drug-likeness (QED) is 0.563. The maximum Gasteiger partial charge on any atom is 0.107 e. The van der Waals surface area contributed by atoms with Gasteiger partial charge < -0.3 is 10.8 Å².